The molecule has 31 heavy (non-hydrogen) atoms. The van der Waals surface area contributed by atoms with Gasteiger partial charge in [0.15, 0.2) is 0 Å². The lowest BCUT2D eigenvalue weighted by molar-refractivity contribution is 0.0720. The van der Waals surface area contributed by atoms with Crippen LogP contribution in [0.15, 0.2) is 47.1 Å². The molecule has 3 fully saturated rings. The van der Waals surface area contributed by atoms with E-state index in [0.717, 1.165) is 37.7 Å². The summed E-state index contributed by atoms with van der Waals surface area (Å²) in [5.74, 6) is 1.37. The second-order valence-corrected chi connectivity index (χ2v) is 10.8. The summed E-state index contributed by atoms with van der Waals surface area (Å²) >= 11 is 0. The standard InChI is InChI=1S/C27H42O2.C2H6/c1-19(8-6-16-26(3,4)29)23-14-15-24-22(9-7-17-27(23,24)5)13-12-21-11-10-20(2)25(28)18-21;1-2/h8,12-13,23-25,28-29H,2,6-7,9-11,14-18H2,1,3-5H3;1-2H3/b19-8+,21-12-,22-13+;. The molecular weight excluding hydrogens is 380 g/mol. The maximum atomic E-state index is 10.1. The van der Waals surface area contributed by atoms with Crippen molar-refractivity contribution in [2.75, 3.05) is 0 Å². The van der Waals surface area contributed by atoms with E-state index >= 15 is 0 Å². The van der Waals surface area contributed by atoms with Crippen LogP contribution in [-0.4, -0.2) is 21.9 Å². The van der Waals surface area contributed by atoms with Crippen LogP contribution in [-0.2, 0) is 0 Å². The van der Waals surface area contributed by atoms with Gasteiger partial charge in [0.2, 0.25) is 0 Å². The third-order valence-corrected chi connectivity index (χ3v) is 7.96. The van der Waals surface area contributed by atoms with Crippen LogP contribution >= 0.6 is 0 Å². The molecule has 3 saturated carbocycles. The number of hydrogen-bond acceptors (Lipinski definition) is 2. The molecule has 2 nitrogen and oxygen atoms in total. The Morgan fingerprint density at radius 2 is 1.87 bits per heavy atom. The maximum Gasteiger partial charge on any atom is 0.0784 e. The smallest absolute Gasteiger partial charge is 0.0784 e. The van der Waals surface area contributed by atoms with Gasteiger partial charge in [-0.2, -0.15) is 0 Å². The first-order valence-corrected chi connectivity index (χ1v) is 12.7. The predicted molar refractivity (Wildman–Crippen MR) is 134 cm³/mol. The molecule has 0 bridgehead atoms. The molecule has 2 heteroatoms. The minimum absolute atomic E-state index is 0.349. The third kappa shape index (κ3) is 6.68. The van der Waals surface area contributed by atoms with Crippen molar-refractivity contribution < 1.29 is 10.2 Å². The molecule has 176 valence electrons. The molecule has 0 aromatic rings. The first kappa shape index (κ1) is 26.1. The van der Waals surface area contributed by atoms with Crippen LogP contribution in [0.5, 0.6) is 0 Å². The molecule has 0 aromatic heterocycles. The minimum Gasteiger partial charge on any atom is -0.390 e. The first-order valence-electron chi connectivity index (χ1n) is 12.7. The lowest BCUT2D eigenvalue weighted by Crippen LogP contribution is -2.33. The SMILES string of the molecule is C=C1CC/C(=C/C=C2\CCCC3(C)C(/C(C)=C/CCC(C)(C)O)CCC23)CC1O.CC. The highest BCUT2D eigenvalue weighted by atomic mass is 16.3. The molecule has 3 aliphatic carbocycles. The van der Waals surface area contributed by atoms with Crippen LogP contribution in [0.25, 0.3) is 0 Å². The Hall–Kier alpha value is -1.12. The van der Waals surface area contributed by atoms with Gasteiger partial charge in [-0.15, -0.1) is 0 Å². The number of hydrogen-bond donors (Lipinski definition) is 2. The van der Waals surface area contributed by atoms with Crippen LogP contribution in [0, 0.1) is 17.3 Å². The Bertz CT molecular complexity index is 703. The largest absolute Gasteiger partial charge is 0.390 e. The molecule has 0 amide bonds. The monoisotopic (exact) mass is 428 g/mol. The molecule has 0 saturated heterocycles. The zero-order chi connectivity index (χ0) is 23.2. The van der Waals surface area contributed by atoms with Crippen molar-refractivity contribution in [1.29, 1.82) is 0 Å². The van der Waals surface area contributed by atoms with Crippen LogP contribution < -0.4 is 0 Å². The van der Waals surface area contributed by atoms with Gasteiger partial charge in [-0.1, -0.05) is 62.3 Å². The molecule has 4 atom stereocenters. The summed E-state index contributed by atoms with van der Waals surface area (Å²) in [7, 11) is 0. The Labute approximate surface area is 192 Å². The van der Waals surface area contributed by atoms with Crippen molar-refractivity contribution in [3.05, 3.63) is 47.1 Å². The van der Waals surface area contributed by atoms with Crippen LogP contribution in [0.3, 0.4) is 0 Å². The summed E-state index contributed by atoms with van der Waals surface area (Å²) in [4.78, 5) is 0. The van der Waals surface area contributed by atoms with Gasteiger partial charge >= 0.3 is 0 Å². The van der Waals surface area contributed by atoms with Crippen LogP contribution in [0.1, 0.15) is 106 Å². The fourth-order valence-corrected chi connectivity index (χ4v) is 6.14. The van der Waals surface area contributed by atoms with E-state index < -0.39 is 5.60 Å². The lowest BCUT2D eigenvalue weighted by Gasteiger charge is -2.43. The van der Waals surface area contributed by atoms with Gasteiger partial charge in [-0.05, 0) is 108 Å². The van der Waals surface area contributed by atoms with Gasteiger partial charge in [-0.25, -0.2) is 0 Å². The van der Waals surface area contributed by atoms with Gasteiger partial charge in [0, 0.05) is 0 Å². The summed E-state index contributed by atoms with van der Waals surface area (Å²) in [6.45, 7) is 16.6. The average Bonchev–Trinajstić information content (AvgIpc) is 3.07. The summed E-state index contributed by atoms with van der Waals surface area (Å²) in [6, 6.07) is 0. The van der Waals surface area contributed by atoms with Crippen molar-refractivity contribution in [2.45, 2.75) is 117 Å². The molecule has 4 unspecified atom stereocenters. The quantitative estimate of drug-likeness (QED) is 0.441. The Morgan fingerprint density at radius 1 is 1.16 bits per heavy atom. The van der Waals surface area contributed by atoms with Gasteiger partial charge in [0.1, 0.15) is 0 Å². The van der Waals surface area contributed by atoms with Crippen LogP contribution in [0.2, 0.25) is 0 Å². The van der Waals surface area contributed by atoms with Crippen molar-refractivity contribution >= 4 is 0 Å². The van der Waals surface area contributed by atoms with E-state index in [0.29, 0.717) is 17.3 Å². The van der Waals surface area contributed by atoms with E-state index in [2.05, 4.69) is 38.7 Å². The van der Waals surface area contributed by atoms with Gasteiger partial charge < -0.3 is 10.2 Å². The van der Waals surface area contributed by atoms with Crippen LogP contribution in [0.4, 0.5) is 0 Å². The lowest BCUT2D eigenvalue weighted by atomic mass is 9.62. The number of fused-ring (bicyclic) bond motifs is 1. The molecular formula is C29H48O2. The molecule has 0 spiro atoms. The van der Waals surface area contributed by atoms with E-state index in [-0.39, 0.29) is 6.10 Å². The van der Waals surface area contributed by atoms with Crippen molar-refractivity contribution in [3.8, 4) is 0 Å². The molecule has 3 aliphatic rings. The maximum absolute atomic E-state index is 10.1. The fourth-order valence-electron chi connectivity index (χ4n) is 6.14. The topological polar surface area (TPSA) is 40.5 Å². The first-order chi connectivity index (χ1) is 14.6. The third-order valence-electron chi connectivity index (χ3n) is 7.96. The summed E-state index contributed by atoms with van der Waals surface area (Å²) in [5, 5.41) is 20.1. The van der Waals surface area contributed by atoms with E-state index in [1.165, 1.54) is 43.3 Å². The highest BCUT2D eigenvalue weighted by molar-refractivity contribution is 5.29. The highest BCUT2D eigenvalue weighted by Crippen LogP contribution is 2.59. The second-order valence-electron chi connectivity index (χ2n) is 10.8. The molecule has 0 heterocycles. The van der Waals surface area contributed by atoms with Gasteiger partial charge in [-0.3, -0.25) is 0 Å². The normalized spacial score (nSPS) is 34.5. The molecule has 2 N–H and O–H groups in total. The zero-order valence-electron chi connectivity index (χ0n) is 21.1. The number of aliphatic hydroxyl groups is 2. The van der Waals surface area contributed by atoms with E-state index in [9.17, 15) is 10.2 Å². The molecule has 3 rings (SSSR count). The highest BCUT2D eigenvalue weighted by Gasteiger charge is 2.49. The summed E-state index contributed by atoms with van der Waals surface area (Å²) in [5.41, 5.74) is 5.34. The Kier molecular flexibility index (Phi) is 9.40. The summed E-state index contributed by atoms with van der Waals surface area (Å²) < 4.78 is 0. The van der Waals surface area contributed by atoms with Gasteiger partial charge in [0.05, 0.1) is 11.7 Å². The second kappa shape index (κ2) is 11.1. The summed E-state index contributed by atoms with van der Waals surface area (Å²) in [6.07, 6.45) is 17.7. The van der Waals surface area contributed by atoms with Crippen molar-refractivity contribution in [3.63, 3.8) is 0 Å². The molecule has 0 aliphatic heterocycles. The van der Waals surface area contributed by atoms with E-state index in [1.807, 2.05) is 27.7 Å². The van der Waals surface area contributed by atoms with Gasteiger partial charge in [0.25, 0.3) is 0 Å². The Balaban J connectivity index is 0.00000166. The average molecular weight is 429 g/mol. The predicted octanol–water partition coefficient (Wildman–Crippen LogP) is 7.68. The number of aliphatic hydroxyl groups excluding tert-OH is 1. The van der Waals surface area contributed by atoms with Crippen molar-refractivity contribution in [2.24, 2.45) is 17.3 Å². The fraction of sp³-hybridized carbons (Fsp3) is 0.724. The van der Waals surface area contributed by atoms with E-state index in [1.54, 1.807) is 5.57 Å². The molecule has 0 radical (unpaired) electrons. The van der Waals surface area contributed by atoms with Crippen molar-refractivity contribution in [1.82, 2.24) is 0 Å². The van der Waals surface area contributed by atoms with E-state index in [4.69, 9.17) is 0 Å². The molecule has 0 aromatic carbocycles. The Morgan fingerprint density at radius 3 is 2.52 bits per heavy atom. The zero-order valence-corrected chi connectivity index (χ0v) is 21.1. The number of rotatable bonds is 5. The minimum atomic E-state index is -0.577. The number of allylic oxidation sites excluding steroid dienone is 5.